The molecule has 1 rings (SSSR count). The first-order valence-electron chi connectivity index (χ1n) is 7.37. The van der Waals surface area contributed by atoms with Gasteiger partial charge in [0.2, 0.25) is 0 Å². The Hall–Kier alpha value is -1.48. The number of hydroxylamine groups is 1. The summed E-state index contributed by atoms with van der Waals surface area (Å²) in [7, 11) is -1.02. The molecule has 1 aromatic carbocycles. The molecule has 0 saturated carbocycles. The van der Waals surface area contributed by atoms with Gasteiger partial charge in [0.15, 0.2) is 0 Å². The van der Waals surface area contributed by atoms with Crippen molar-refractivity contribution in [1.82, 2.24) is 14.1 Å². The lowest BCUT2D eigenvalue weighted by Gasteiger charge is -2.32. The predicted octanol–water partition coefficient (Wildman–Crippen LogP) is 1.22. The molecule has 0 heterocycles. The van der Waals surface area contributed by atoms with Gasteiger partial charge in [-0.1, -0.05) is 44.2 Å². The summed E-state index contributed by atoms with van der Waals surface area (Å²) in [5, 5.41) is 9.00. The van der Waals surface area contributed by atoms with Gasteiger partial charge in [-0.15, -0.1) is 0 Å². The molecule has 23 heavy (non-hydrogen) atoms. The molecule has 1 atom stereocenters. The van der Waals surface area contributed by atoms with Crippen LogP contribution in [0.5, 0.6) is 0 Å². The van der Waals surface area contributed by atoms with E-state index in [1.807, 2.05) is 19.9 Å². The zero-order chi connectivity index (χ0) is 17.6. The third-order valence-electron chi connectivity index (χ3n) is 3.39. The fraction of sp³-hybridized carbons (Fsp3) is 0.533. The van der Waals surface area contributed by atoms with E-state index in [0.29, 0.717) is 6.42 Å². The van der Waals surface area contributed by atoms with E-state index < -0.39 is 22.2 Å². The minimum Gasteiger partial charge on any atom is -0.289 e. The van der Waals surface area contributed by atoms with Gasteiger partial charge in [-0.2, -0.15) is 17.0 Å². The van der Waals surface area contributed by atoms with Gasteiger partial charge in [0, 0.05) is 20.6 Å². The Balaban J connectivity index is 3.27. The molecular formula is C15H25N3O4S. The van der Waals surface area contributed by atoms with E-state index in [1.54, 1.807) is 29.7 Å². The summed E-state index contributed by atoms with van der Waals surface area (Å²) in [6.45, 7) is 3.83. The third-order valence-corrected chi connectivity index (χ3v) is 5.29. The van der Waals surface area contributed by atoms with E-state index in [2.05, 4.69) is 0 Å². The molecule has 0 aliphatic heterocycles. The first-order valence-corrected chi connectivity index (χ1v) is 8.77. The molecule has 0 spiro atoms. The number of rotatable bonds is 8. The Kier molecular flexibility index (Phi) is 7.14. The number of carbonyl (C=O) groups excluding carboxylic acids is 1. The molecule has 0 bridgehead atoms. The molecule has 0 aromatic heterocycles. The van der Waals surface area contributed by atoms with E-state index in [1.165, 1.54) is 14.1 Å². The van der Waals surface area contributed by atoms with Gasteiger partial charge in [-0.3, -0.25) is 10.0 Å². The number of nitrogens with zero attached hydrogens (tertiary/aromatic N) is 2. The van der Waals surface area contributed by atoms with Gasteiger partial charge >= 0.3 is 0 Å². The molecule has 0 fully saturated rings. The van der Waals surface area contributed by atoms with Gasteiger partial charge in [0.05, 0.1) is 0 Å². The molecule has 1 amide bonds. The van der Waals surface area contributed by atoms with Crippen molar-refractivity contribution >= 4 is 16.1 Å². The van der Waals surface area contributed by atoms with Crippen molar-refractivity contribution in [3.63, 3.8) is 0 Å². The van der Waals surface area contributed by atoms with Crippen molar-refractivity contribution in [2.24, 2.45) is 5.92 Å². The van der Waals surface area contributed by atoms with E-state index >= 15 is 0 Å². The first-order chi connectivity index (χ1) is 10.7. The summed E-state index contributed by atoms with van der Waals surface area (Å²) in [4.78, 5) is 12.1. The van der Waals surface area contributed by atoms with Gasteiger partial charge in [-0.25, -0.2) is 5.48 Å². The normalized spacial score (nSPS) is 13.6. The Morgan fingerprint density at radius 2 is 1.78 bits per heavy atom. The molecule has 8 heteroatoms. The lowest BCUT2D eigenvalue weighted by molar-refractivity contribution is -0.134. The summed E-state index contributed by atoms with van der Waals surface area (Å²) >= 11 is 0. The van der Waals surface area contributed by atoms with Gasteiger partial charge in [0.25, 0.3) is 16.1 Å². The fourth-order valence-electron chi connectivity index (χ4n) is 2.20. The van der Waals surface area contributed by atoms with Crippen LogP contribution in [0.4, 0.5) is 0 Å². The Morgan fingerprint density at radius 3 is 2.22 bits per heavy atom. The second-order valence-corrected chi connectivity index (χ2v) is 8.04. The highest BCUT2D eigenvalue weighted by Gasteiger charge is 2.36. The zero-order valence-electron chi connectivity index (χ0n) is 13.9. The topological polar surface area (TPSA) is 90.0 Å². The maximum Gasteiger partial charge on any atom is 0.282 e. The summed E-state index contributed by atoms with van der Waals surface area (Å²) < 4.78 is 27.5. The smallest absolute Gasteiger partial charge is 0.282 e. The van der Waals surface area contributed by atoms with Crippen LogP contribution < -0.4 is 5.48 Å². The maximum absolute atomic E-state index is 12.7. The van der Waals surface area contributed by atoms with Crippen molar-refractivity contribution in [3.8, 4) is 0 Å². The summed E-state index contributed by atoms with van der Waals surface area (Å²) in [5.74, 6) is -0.659. The second kappa shape index (κ2) is 8.39. The van der Waals surface area contributed by atoms with E-state index in [9.17, 15) is 13.2 Å². The first kappa shape index (κ1) is 19.6. The van der Waals surface area contributed by atoms with Crippen molar-refractivity contribution in [2.45, 2.75) is 32.9 Å². The van der Waals surface area contributed by atoms with Crippen molar-refractivity contribution < 1.29 is 18.4 Å². The van der Waals surface area contributed by atoms with Crippen molar-refractivity contribution in [1.29, 1.82) is 0 Å². The molecule has 0 aliphatic rings. The summed E-state index contributed by atoms with van der Waals surface area (Å²) in [5.41, 5.74) is 2.35. The highest BCUT2D eigenvalue weighted by Crippen LogP contribution is 2.20. The van der Waals surface area contributed by atoms with Crippen LogP contribution in [0.25, 0.3) is 0 Å². The minimum atomic E-state index is -3.84. The highest BCUT2D eigenvalue weighted by molar-refractivity contribution is 7.86. The molecule has 1 unspecified atom stereocenters. The van der Waals surface area contributed by atoms with Crippen molar-refractivity contribution in [2.75, 3.05) is 14.1 Å². The van der Waals surface area contributed by atoms with Crippen LogP contribution in [0.2, 0.25) is 0 Å². The van der Waals surface area contributed by atoms with Crippen LogP contribution in [0.3, 0.4) is 0 Å². The molecule has 7 nitrogen and oxygen atoms in total. The standard InChI is InChI=1S/C15H25N3O4S/c1-12(2)10-14(15(19)16-20)18(23(21,22)17(3)4)11-13-8-6-5-7-9-13/h5-9,12,14,20H,10-11H2,1-4H3,(H,16,19). The number of hydrogen-bond donors (Lipinski definition) is 2. The van der Waals surface area contributed by atoms with Gasteiger partial charge in [0.1, 0.15) is 6.04 Å². The Labute approximate surface area is 138 Å². The maximum atomic E-state index is 12.7. The Bertz CT molecular complexity index is 602. The fourth-order valence-corrected chi connectivity index (χ4v) is 3.44. The molecular weight excluding hydrogens is 318 g/mol. The third kappa shape index (κ3) is 5.28. The van der Waals surface area contributed by atoms with Gasteiger partial charge in [-0.05, 0) is 17.9 Å². The molecule has 2 N–H and O–H groups in total. The minimum absolute atomic E-state index is 0.0478. The molecule has 0 aliphatic carbocycles. The van der Waals surface area contributed by atoms with Crippen LogP contribution in [-0.4, -0.2) is 48.3 Å². The monoisotopic (exact) mass is 343 g/mol. The highest BCUT2D eigenvalue weighted by atomic mass is 32.2. The number of carbonyl (C=O) groups is 1. The van der Waals surface area contributed by atoms with Crippen LogP contribution in [-0.2, 0) is 21.5 Å². The zero-order valence-corrected chi connectivity index (χ0v) is 14.7. The number of nitrogens with one attached hydrogen (secondary N) is 1. The number of benzene rings is 1. The molecule has 0 saturated heterocycles. The molecule has 1 aromatic rings. The van der Waals surface area contributed by atoms with E-state index in [4.69, 9.17) is 5.21 Å². The van der Waals surface area contributed by atoms with Crippen LogP contribution in [0.1, 0.15) is 25.8 Å². The predicted molar refractivity (Wildman–Crippen MR) is 87.8 cm³/mol. The largest absolute Gasteiger partial charge is 0.289 e. The van der Waals surface area contributed by atoms with Crippen molar-refractivity contribution in [3.05, 3.63) is 35.9 Å². The molecule has 130 valence electrons. The Morgan fingerprint density at radius 1 is 1.22 bits per heavy atom. The SMILES string of the molecule is CC(C)CC(C(=O)NO)N(Cc1ccccc1)S(=O)(=O)N(C)C. The van der Waals surface area contributed by atoms with Crippen LogP contribution >= 0.6 is 0 Å². The second-order valence-electron chi connectivity index (χ2n) is 5.94. The quantitative estimate of drug-likeness (QED) is 0.548. The van der Waals surface area contributed by atoms with Crippen LogP contribution in [0, 0.1) is 5.92 Å². The lowest BCUT2D eigenvalue weighted by atomic mass is 10.0. The van der Waals surface area contributed by atoms with E-state index in [0.717, 1.165) is 14.2 Å². The van der Waals surface area contributed by atoms with Gasteiger partial charge < -0.3 is 0 Å². The lowest BCUT2D eigenvalue weighted by Crippen LogP contribution is -2.52. The van der Waals surface area contributed by atoms with E-state index in [-0.39, 0.29) is 12.5 Å². The summed E-state index contributed by atoms with van der Waals surface area (Å²) in [6, 6.07) is 8.04. The van der Waals surface area contributed by atoms with Crippen LogP contribution in [0.15, 0.2) is 30.3 Å². The average molecular weight is 343 g/mol. The summed E-state index contributed by atoms with van der Waals surface area (Å²) in [6.07, 6.45) is 0.298. The average Bonchev–Trinajstić information content (AvgIpc) is 2.50. The number of hydrogen-bond acceptors (Lipinski definition) is 4. The molecule has 0 radical (unpaired) electrons. The number of amides is 1.